The van der Waals surface area contributed by atoms with E-state index in [9.17, 15) is 0 Å². The zero-order valence-electron chi connectivity index (χ0n) is 10.3. The minimum atomic E-state index is 0.399. The van der Waals surface area contributed by atoms with Gasteiger partial charge in [0.2, 0.25) is 0 Å². The summed E-state index contributed by atoms with van der Waals surface area (Å²) < 4.78 is 1.86. The predicted octanol–water partition coefficient (Wildman–Crippen LogP) is 1.17. The molecule has 1 fully saturated rings. The van der Waals surface area contributed by atoms with Crippen LogP contribution in [0.25, 0.3) is 0 Å². The number of rotatable bonds is 5. The van der Waals surface area contributed by atoms with Gasteiger partial charge in [0.1, 0.15) is 0 Å². The van der Waals surface area contributed by atoms with Crippen molar-refractivity contribution in [3.8, 4) is 0 Å². The monoisotopic (exact) mass is 222 g/mol. The van der Waals surface area contributed by atoms with Gasteiger partial charge >= 0.3 is 0 Å². The first-order chi connectivity index (χ1) is 7.75. The topological polar surface area (TPSA) is 33.1 Å². The highest BCUT2D eigenvalue weighted by Crippen LogP contribution is 2.10. The average Bonchev–Trinajstić information content (AvgIpc) is 2.89. The maximum atomic E-state index is 4.19. The smallest absolute Gasteiger partial charge is 0.0537 e. The molecule has 1 aliphatic rings. The van der Waals surface area contributed by atoms with Crippen LogP contribution >= 0.6 is 0 Å². The molecular formula is C12H22N4. The first-order valence-electron chi connectivity index (χ1n) is 6.20. The highest BCUT2D eigenvalue weighted by atomic mass is 15.2. The van der Waals surface area contributed by atoms with Crippen molar-refractivity contribution >= 4 is 0 Å². The minimum absolute atomic E-state index is 0.399. The van der Waals surface area contributed by atoms with Crippen molar-refractivity contribution in [2.45, 2.75) is 25.8 Å². The average molecular weight is 222 g/mol. The third-order valence-electron chi connectivity index (χ3n) is 3.30. The first-order valence-corrected chi connectivity index (χ1v) is 6.20. The van der Waals surface area contributed by atoms with E-state index in [0.717, 1.165) is 6.54 Å². The maximum absolute atomic E-state index is 4.19. The van der Waals surface area contributed by atoms with Crippen molar-refractivity contribution in [3.63, 3.8) is 0 Å². The van der Waals surface area contributed by atoms with Crippen molar-refractivity contribution < 1.29 is 0 Å². The predicted molar refractivity (Wildman–Crippen MR) is 65.3 cm³/mol. The molecule has 0 amide bonds. The van der Waals surface area contributed by atoms with Crippen molar-refractivity contribution in [1.29, 1.82) is 0 Å². The summed E-state index contributed by atoms with van der Waals surface area (Å²) in [6.07, 6.45) is 6.76. The van der Waals surface area contributed by atoms with E-state index >= 15 is 0 Å². The van der Waals surface area contributed by atoms with Crippen molar-refractivity contribution in [1.82, 2.24) is 20.0 Å². The largest absolute Gasteiger partial charge is 0.309 e. The molecule has 2 heterocycles. The fourth-order valence-corrected chi connectivity index (χ4v) is 2.23. The van der Waals surface area contributed by atoms with E-state index in [1.165, 1.54) is 38.0 Å². The fraction of sp³-hybridized carbons (Fsp3) is 0.750. The zero-order chi connectivity index (χ0) is 11.4. The number of nitrogens with one attached hydrogen (secondary N) is 1. The lowest BCUT2D eigenvalue weighted by molar-refractivity contribution is 0.330. The third-order valence-corrected chi connectivity index (χ3v) is 3.30. The molecule has 90 valence electrons. The molecule has 1 atom stereocenters. The molecule has 4 nitrogen and oxygen atoms in total. The minimum Gasteiger partial charge on any atom is -0.309 e. The lowest BCUT2D eigenvalue weighted by Crippen LogP contribution is -2.31. The van der Waals surface area contributed by atoms with Crippen LogP contribution in [0.15, 0.2) is 12.4 Å². The third kappa shape index (κ3) is 3.06. The van der Waals surface area contributed by atoms with E-state index < -0.39 is 0 Å². The molecule has 1 aliphatic heterocycles. The Morgan fingerprint density at radius 3 is 2.81 bits per heavy atom. The van der Waals surface area contributed by atoms with Crippen LogP contribution in [-0.4, -0.2) is 40.9 Å². The second-order valence-corrected chi connectivity index (χ2v) is 4.67. The molecule has 1 unspecified atom stereocenters. The van der Waals surface area contributed by atoms with E-state index in [1.807, 2.05) is 17.9 Å². The number of aromatic nitrogens is 2. The Bertz CT molecular complexity index is 315. The van der Waals surface area contributed by atoms with Crippen LogP contribution in [0.5, 0.6) is 0 Å². The Kier molecular flexibility index (Phi) is 3.96. The standard InChI is InChI=1S/C12H22N4/c1-11(12-9-14-15(2)10-12)13-5-8-16-6-3-4-7-16/h9-11,13H,3-8H2,1-2H3. The Labute approximate surface area is 97.6 Å². The van der Waals surface area contributed by atoms with Crippen LogP contribution in [-0.2, 0) is 7.05 Å². The van der Waals surface area contributed by atoms with Gasteiger partial charge in [-0.1, -0.05) is 0 Å². The van der Waals surface area contributed by atoms with Gasteiger partial charge in [-0.2, -0.15) is 5.10 Å². The second kappa shape index (κ2) is 5.46. The van der Waals surface area contributed by atoms with Crippen LogP contribution in [0.2, 0.25) is 0 Å². The molecule has 0 bridgehead atoms. The summed E-state index contributed by atoms with van der Waals surface area (Å²) in [5, 5.41) is 7.73. The Morgan fingerprint density at radius 1 is 1.44 bits per heavy atom. The summed E-state index contributed by atoms with van der Waals surface area (Å²) >= 11 is 0. The Morgan fingerprint density at radius 2 is 2.19 bits per heavy atom. The van der Waals surface area contributed by atoms with Crippen LogP contribution in [0.3, 0.4) is 0 Å². The summed E-state index contributed by atoms with van der Waals surface area (Å²) in [5.74, 6) is 0. The number of hydrogen-bond donors (Lipinski definition) is 1. The van der Waals surface area contributed by atoms with Crippen molar-refractivity contribution in [3.05, 3.63) is 18.0 Å². The SMILES string of the molecule is CC(NCCN1CCCC1)c1cnn(C)c1. The molecule has 1 saturated heterocycles. The van der Waals surface area contributed by atoms with Crippen LogP contribution < -0.4 is 5.32 Å². The summed E-state index contributed by atoms with van der Waals surface area (Å²) in [6.45, 7) is 6.99. The van der Waals surface area contributed by atoms with Crippen molar-refractivity contribution in [2.24, 2.45) is 7.05 Å². The molecule has 0 aromatic carbocycles. The number of aryl methyl sites for hydroxylation is 1. The quantitative estimate of drug-likeness (QED) is 0.812. The molecule has 0 spiro atoms. The molecule has 0 saturated carbocycles. The van der Waals surface area contributed by atoms with Crippen molar-refractivity contribution in [2.75, 3.05) is 26.2 Å². The summed E-state index contributed by atoms with van der Waals surface area (Å²) in [4.78, 5) is 2.53. The zero-order valence-corrected chi connectivity index (χ0v) is 10.3. The maximum Gasteiger partial charge on any atom is 0.0537 e. The van der Waals surface area contributed by atoms with Gasteiger partial charge in [0.05, 0.1) is 6.20 Å². The van der Waals surface area contributed by atoms with Gasteiger partial charge in [-0.15, -0.1) is 0 Å². The van der Waals surface area contributed by atoms with Gasteiger partial charge in [0, 0.05) is 37.9 Å². The molecule has 1 aromatic heterocycles. The second-order valence-electron chi connectivity index (χ2n) is 4.67. The molecule has 0 aliphatic carbocycles. The Balaban J connectivity index is 1.69. The molecule has 16 heavy (non-hydrogen) atoms. The lowest BCUT2D eigenvalue weighted by Gasteiger charge is -2.17. The van der Waals surface area contributed by atoms with E-state index in [0.29, 0.717) is 6.04 Å². The fourth-order valence-electron chi connectivity index (χ4n) is 2.23. The van der Waals surface area contributed by atoms with E-state index in [1.54, 1.807) is 0 Å². The number of hydrogen-bond acceptors (Lipinski definition) is 3. The summed E-state index contributed by atoms with van der Waals surface area (Å²) in [6, 6.07) is 0.399. The van der Waals surface area contributed by atoms with E-state index in [4.69, 9.17) is 0 Å². The Hall–Kier alpha value is -0.870. The van der Waals surface area contributed by atoms with Gasteiger partial charge in [-0.3, -0.25) is 4.68 Å². The van der Waals surface area contributed by atoms with E-state index in [2.05, 4.69) is 28.4 Å². The van der Waals surface area contributed by atoms with Gasteiger partial charge in [0.15, 0.2) is 0 Å². The van der Waals surface area contributed by atoms with Gasteiger partial charge in [-0.05, 0) is 32.9 Å². The molecular weight excluding hydrogens is 200 g/mol. The lowest BCUT2D eigenvalue weighted by atomic mass is 10.2. The van der Waals surface area contributed by atoms with Gasteiger partial charge < -0.3 is 10.2 Å². The van der Waals surface area contributed by atoms with E-state index in [-0.39, 0.29) is 0 Å². The van der Waals surface area contributed by atoms with Crippen LogP contribution in [0, 0.1) is 0 Å². The highest BCUT2D eigenvalue weighted by molar-refractivity contribution is 5.08. The molecule has 2 rings (SSSR count). The van der Waals surface area contributed by atoms with Gasteiger partial charge in [0.25, 0.3) is 0 Å². The molecule has 4 heteroatoms. The molecule has 1 N–H and O–H groups in total. The van der Waals surface area contributed by atoms with Gasteiger partial charge in [-0.25, -0.2) is 0 Å². The number of likely N-dealkylation sites (tertiary alicyclic amines) is 1. The van der Waals surface area contributed by atoms with Crippen LogP contribution in [0.1, 0.15) is 31.4 Å². The molecule has 1 aromatic rings. The highest BCUT2D eigenvalue weighted by Gasteiger charge is 2.11. The number of nitrogens with zero attached hydrogens (tertiary/aromatic N) is 3. The molecule has 0 radical (unpaired) electrons. The van der Waals surface area contributed by atoms with Crippen LogP contribution in [0.4, 0.5) is 0 Å². The first kappa shape index (κ1) is 11.6. The summed E-state index contributed by atoms with van der Waals surface area (Å²) in [7, 11) is 1.96. The normalized spacial score (nSPS) is 19.1. The summed E-state index contributed by atoms with van der Waals surface area (Å²) in [5.41, 5.74) is 1.27.